The molecule has 3 rings (SSSR count). The van der Waals surface area contributed by atoms with Crippen molar-refractivity contribution in [1.82, 2.24) is 10.6 Å². The van der Waals surface area contributed by atoms with Gasteiger partial charge in [-0.3, -0.25) is 20.2 Å². The lowest BCUT2D eigenvalue weighted by Crippen LogP contribution is -2.51. The summed E-state index contributed by atoms with van der Waals surface area (Å²) >= 11 is 11.1. The van der Waals surface area contributed by atoms with E-state index in [1.54, 1.807) is 25.1 Å². The molecule has 0 atom stereocenters. The van der Waals surface area contributed by atoms with Crippen LogP contribution < -0.4 is 20.1 Å². The van der Waals surface area contributed by atoms with E-state index in [1.807, 2.05) is 0 Å². The second kappa shape index (κ2) is 9.02. The average molecular weight is 435 g/mol. The van der Waals surface area contributed by atoms with Crippen LogP contribution in [-0.2, 0) is 16.2 Å². The molecule has 0 bridgehead atoms. The number of amides is 2. The topological polar surface area (TPSA) is 76.7 Å². The summed E-state index contributed by atoms with van der Waals surface area (Å²) in [6, 6.07) is 9.13. The molecule has 0 aliphatic carbocycles. The maximum absolute atomic E-state index is 13.3. The Morgan fingerprint density at radius 3 is 2.52 bits per heavy atom. The summed E-state index contributed by atoms with van der Waals surface area (Å²) in [6.07, 6.45) is 1.37. The van der Waals surface area contributed by atoms with Crippen LogP contribution in [0.25, 0.3) is 6.08 Å². The minimum atomic E-state index is -0.612. The van der Waals surface area contributed by atoms with Crippen LogP contribution >= 0.6 is 23.8 Å². The Morgan fingerprint density at radius 2 is 1.86 bits per heavy atom. The summed E-state index contributed by atoms with van der Waals surface area (Å²) in [5, 5.41) is 4.89. The highest BCUT2D eigenvalue weighted by molar-refractivity contribution is 7.80. The van der Waals surface area contributed by atoms with E-state index in [0.29, 0.717) is 23.5 Å². The van der Waals surface area contributed by atoms with Crippen LogP contribution in [0.2, 0.25) is 5.02 Å². The van der Waals surface area contributed by atoms with E-state index in [4.69, 9.17) is 33.3 Å². The van der Waals surface area contributed by atoms with E-state index in [1.165, 1.54) is 24.3 Å². The molecule has 1 fully saturated rings. The van der Waals surface area contributed by atoms with Gasteiger partial charge >= 0.3 is 0 Å². The molecule has 0 radical (unpaired) electrons. The molecule has 29 heavy (non-hydrogen) atoms. The first-order valence-corrected chi connectivity index (χ1v) is 9.38. The SMILES string of the molecule is CCOc1cc(C=C2C(=O)NC(=S)NC2=O)cc(Cl)c1OCc1cccc(F)c1. The van der Waals surface area contributed by atoms with Gasteiger partial charge in [-0.2, -0.15) is 0 Å². The predicted molar refractivity (Wildman–Crippen MR) is 110 cm³/mol. The lowest BCUT2D eigenvalue weighted by atomic mass is 10.1. The lowest BCUT2D eigenvalue weighted by Gasteiger charge is -2.17. The van der Waals surface area contributed by atoms with Crippen LogP contribution in [0, 0.1) is 5.82 Å². The molecule has 0 spiro atoms. The van der Waals surface area contributed by atoms with Crippen LogP contribution in [0.4, 0.5) is 4.39 Å². The summed E-state index contributed by atoms with van der Waals surface area (Å²) in [5.41, 5.74) is 0.969. The fourth-order valence-electron chi connectivity index (χ4n) is 2.63. The van der Waals surface area contributed by atoms with Crippen molar-refractivity contribution in [2.75, 3.05) is 6.61 Å². The van der Waals surface area contributed by atoms with Gasteiger partial charge in [0, 0.05) is 0 Å². The fourth-order valence-corrected chi connectivity index (χ4v) is 3.09. The molecule has 1 saturated heterocycles. The lowest BCUT2D eigenvalue weighted by molar-refractivity contribution is -0.123. The molecule has 1 heterocycles. The molecule has 0 unspecified atom stereocenters. The summed E-state index contributed by atoms with van der Waals surface area (Å²) in [7, 11) is 0. The normalized spacial score (nSPS) is 13.6. The van der Waals surface area contributed by atoms with E-state index in [0.717, 1.165) is 0 Å². The fraction of sp³-hybridized carbons (Fsp3) is 0.150. The van der Waals surface area contributed by atoms with Crippen LogP contribution in [0.5, 0.6) is 11.5 Å². The van der Waals surface area contributed by atoms with Crippen molar-refractivity contribution in [3.05, 3.63) is 63.9 Å². The van der Waals surface area contributed by atoms with Gasteiger partial charge in [0.1, 0.15) is 18.0 Å². The first-order chi connectivity index (χ1) is 13.9. The zero-order valence-electron chi connectivity index (χ0n) is 15.3. The highest BCUT2D eigenvalue weighted by Gasteiger charge is 2.26. The Bertz CT molecular complexity index is 1000. The number of halogens is 2. The Morgan fingerprint density at radius 1 is 1.14 bits per heavy atom. The molecule has 2 aromatic carbocycles. The van der Waals surface area contributed by atoms with E-state index >= 15 is 0 Å². The number of hydrogen-bond acceptors (Lipinski definition) is 5. The number of thiocarbonyl (C=S) groups is 1. The third kappa shape index (κ3) is 5.10. The van der Waals surface area contributed by atoms with Gasteiger partial charge in [0.05, 0.1) is 11.6 Å². The van der Waals surface area contributed by atoms with Crippen LogP contribution in [0.3, 0.4) is 0 Å². The first kappa shape index (κ1) is 20.8. The zero-order valence-corrected chi connectivity index (χ0v) is 16.8. The highest BCUT2D eigenvalue weighted by atomic mass is 35.5. The van der Waals surface area contributed by atoms with Crippen molar-refractivity contribution in [2.45, 2.75) is 13.5 Å². The van der Waals surface area contributed by atoms with Gasteiger partial charge in [-0.15, -0.1) is 0 Å². The van der Waals surface area contributed by atoms with E-state index in [-0.39, 0.29) is 33.9 Å². The number of ether oxygens (including phenoxy) is 2. The minimum absolute atomic E-state index is 0.0497. The maximum atomic E-state index is 13.3. The van der Waals surface area contributed by atoms with Gasteiger partial charge in [0.25, 0.3) is 11.8 Å². The minimum Gasteiger partial charge on any atom is -0.490 e. The third-order valence-electron chi connectivity index (χ3n) is 3.86. The van der Waals surface area contributed by atoms with Crippen molar-refractivity contribution in [2.24, 2.45) is 0 Å². The van der Waals surface area contributed by atoms with Crippen molar-refractivity contribution in [3.8, 4) is 11.5 Å². The van der Waals surface area contributed by atoms with Crippen molar-refractivity contribution < 1.29 is 23.5 Å². The van der Waals surface area contributed by atoms with Crippen molar-refractivity contribution in [1.29, 1.82) is 0 Å². The smallest absolute Gasteiger partial charge is 0.263 e. The van der Waals surface area contributed by atoms with Gasteiger partial charge in [-0.25, -0.2) is 4.39 Å². The van der Waals surface area contributed by atoms with Crippen molar-refractivity contribution >= 4 is 46.8 Å². The standard InChI is InChI=1S/C20H16ClFN2O4S/c1-2-27-16-9-12(7-14-18(25)23-20(29)24-19(14)26)8-15(21)17(16)28-10-11-4-3-5-13(22)6-11/h3-9H,2,10H2,1H3,(H2,23,24,25,26,29). The largest absolute Gasteiger partial charge is 0.490 e. The van der Waals surface area contributed by atoms with Gasteiger partial charge in [0.15, 0.2) is 16.6 Å². The number of hydrogen-bond donors (Lipinski definition) is 2. The molecule has 1 aliphatic heterocycles. The Balaban J connectivity index is 1.90. The van der Waals surface area contributed by atoms with Crippen LogP contribution in [0.15, 0.2) is 42.0 Å². The maximum Gasteiger partial charge on any atom is 0.263 e. The van der Waals surface area contributed by atoms with Gasteiger partial charge in [-0.1, -0.05) is 23.7 Å². The van der Waals surface area contributed by atoms with Gasteiger partial charge in [-0.05, 0) is 60.6 Å². The second-order valence-corrected chi connectivity index (χ2v) is 6.79. The van der Waals surface area contributed by atoms with E-state index in [2.05, 4.69) is 10.6 Å². The molecule has 2 amide bonds. The summed E-state index contributed by atoms with van der Waals surface area (Å²) in [5.74, 6) is -0.986. The molecule has 2 N–H and O–H groups in total. The van der Waals surface area contributed by atoms with E-state index in [9.17, 15) is 14.0 Å². The highest BCUT2D eigenvalue weighted by Crippen LogP contribution is 2.38. The molecule has 1 aliphatic rings. The Kier molecular flexibility index (Phi) is 6.46. The van der Waals surface area contributed by atoms with Gasteiger partial charge in [0.2, 0.25) is 0 Å². The molecule has 6 nitrogen and oxygen atoms in total. The monoisotopic (exact) mass is 434 g/mol. The Labute approximate surface area is 176 Å². The number of rotatable bonds is 6. The number of carbonyl (C=O) groups excluding carboxylic acids is 2. The molecular weight excluding hydrogens is 419 g/mol. The zero-order chi connectivity index (χ0) is 21.0. The molecular formula is C20H16ClFN2O4S. The molecule has 2 aromatic rings. The van der Waals surface area contributed by atoms with Gasteiger partial charge < -0.3 is 9.47 Å². The Hall–Kier alpha value is -2.97. The molecule has 0 saturated carbocycles. The summed E-state index contributed by atoms with van der Waals surface area (Å²) < 4.78 is 24.7. The molecule has 9 heteroatoms. The third-order valence-corrected chi connectivity index (χ3v) is 4.34. The number of nitrogens with one attached hydrogen (secondary N) is 2. The average Bonchev–Trinajstić information content (AvgIpc) is 2.64. The molecule has 150 valence electrons. The molecule has 0 aromatic heterocycles. The van der Waals surface area contributed by atoms with E-state index < -0.39 is 11.8 Å². The number of carbonyl (C=O) groups is 2. The second-order valence-electron chi connectivity index (χ2n) is 5.98. The predicted octanol–water partition coefficient (Wildman–Crippen LogP) is 3.37. The summed E-state index contributed by atoms with van der Waals surface area (Å²) in [4.78, 5) is 24.0. The van der Waals surface area contributed by atoms with Crippen LogP contribution in [0.1, 0.15) is 18.1 Å². The van der Waals surface area contributed by atoms with Crippen molar-refractivity contribution in [3.63, 3.8) is 0 Å². The first-order valence-electron chi connectivity index (χ1n) is 8.59. The van der Waals surface area contributed by atoms with Crippen LogP contribution in [-0.4, -0.2) is 23.5 Å². The quantitative estimate of drug-likeness (QED) is 0.414. The number of benzene rings is 2. The summed E-state index contributed by atoms with van der Waals surface area (Å²) in [6.45, 7) is 2.21.